The molecule has 0 unspecified atom stereocenters. The van der Waals surface area contributed by atoms with Crippen LogP contribution in [-0.4, -0.2) is 9.78 Å². The van der Waals surface area contributed by atoms with Gasteiger partial charge in [-0.15, -0.1) is 11.8 Å². The molecule has 0 saturated carbocycles. The van der Waals surface area contributed by atoms with Gasteiger partial charge >= 0.3 is 0 Å². The van der Waals surface area contributed by atoms with Gasteiger partial charge in [-0.3, -0.25) is 4.68 Å². The lowest BCUT2D eigenvalue weighted by Gasteiger charge is -2.05. The number of nitrogens with zero attached hydrogens (tertiary/aromatic N) is 2. The smallest absolute Gasteiger partial charge is 0.0767 e. The second-order valence-corrected chi connectivity index (χ2v) is 6.57. The fourth-order valence-electron chi connectivity index (χ4n) is 1.68. The van der Waals surface area contributed by atoms with E-state index in [1.54, 1.807) is 0 Å². The Bertz CT molecular complexity index is 552. The summed E-state index contributed by atoms with van der Waals surface area (Å²) in [6, 6.07) is 8.28. The van der Waals surface area contributed by atoms with Crippen LogP contribution < -0.4 is 0 Å². The molecule has 1 heterocycles. The molecule has 0 spiro atoms. The Hall–Kier alpha value is -0.260. The molecule has 96 valence electrons. The molecular weight excluding hydrogens is 376 g/mol. The zero-order chi connectivity index (χ0) is 13.1. The molecule has 0 saturated heterocycles. The third kappa shape index (κ3) is 3.00. The van der Waals surface area contributed by atoms with E-state index in [0.29, 0.717) is 0 Å². The first-order chi connectivity index (χ1) is 8.63. The van der Waals surface area contributed by atoms with Gasteiger partial charge in [0.2, 0.25) is 0 Å². The van der Waals surface area contributed by atoms with Crippen LogP contribution in [0.15, 0.2) is 38.1 Å². The number of hydrogen-bond donors (Lipinski definition) is 0. The van der Waals surface area contributed by atoms with Crippen molar-refractivity contribution in [3.63, 3.8) is 0 Å². The van der Waals surface area contributed by atoms with E-state index in [2.05, 4.69) is 62.1 Å². The fourth-order valence-corrected chi connectivity index (χ4v) is 4.26. The van der Waals surface area contributed by atoms with Crippen LogP contribution in [0.3, 0.4) is 0 Å². The number of aromatic nitrogens is 2. The Morgan fingerprint density at radius 1 is 1.28 bits per heavy atom. The van der Waals surface area contributed by atoms with E-state index in [1.165, 1.54) is 10.6 Å². The van der Waals surface area contributed by atoms with Gasteiger partial charge in [-0.05, 0) is 50.4 Å². The molecule has 1 aromatic heterocycles. The molecule has 0 N–H and O–H groups in total. The van der Waals surface area contributed by atoms with Gasteiger partial charge in [-0.2, -0.15) is 5.10 Å². The lowest BCUT2D eigenvalue weighted by Crippen LogP contribution is -1.97. The standard InChI is InChI=1S/C13H14Br2N2S/c1-3-10-13(15)11(17(2)16-10)8-18-12-7-5-4-6-9(12)14/h4-7H,3,8H2,1-2H3. The number of thioether (sulfide) groups is 1. The molecule has 0 bridgehead atoms. The van der Waals surface area contributed by atoms with Crippen LogP contribution in [0.25, 0.3) is 0 Å². The highest BCUT2D eigenvalue weighted by atomic mass is 79.9. The van der Waals surface area contributed by atoms with Crippen molar-refractivity contribution in [2.45, 2.75) is 24.0 Å². The minimum atomic E-state index is 0.909. The minimum Gasteiger partial charge on any atom is -0.270 e. The predicted octanol–water partition coefficient (Wildman–Crippen LogP) is 4.80. The van der Waals surface area contributed by atoms with E-state index >= 15 is 0 Å². The Morgan fingerprint density at radius 3 is 2.61 bits per heavy atom. The quantitative estimate of drug-likeness (QED) is 0.699. The Balaban J connectivity index is 2.16. The van der Waals surface area contributed by atoms with E-state index in [4.69, 9.17) is 0 Å². The van der Waals surface area contributed by atoms with Crippen LogP contribution >= 0.6 is 43.6 Å². The molecule has 2 nitrogen and oxygen atoms in total. The Kier molecular flexibility index (Phi) is 4.92. The summed E-state index contributed by atoms with van der Waals surface area (Å²) in [7, 11) is 2.00. The van der Waals surface area contributed by atoms with E-state index in [9.17, 15) is 0 Å². The van der Waals surface area contributed by atoms with Crippen molar-refractivity contribution in [2.24, 2.45) is 7.05 Å². The van der Waals surface area contributed by atoms with Gasteiger partial charge in [0.15, 0.2) is 0 Å². The van der Waals surface area contributed by atoms with Crippen LogP contribution in [0, 0.1) is 0 Å². The summed E-state index contributed by atoms with van der Waals surface area (Å²) in [5.74, 6) is 0.909. The largest absolute Gasteiger partial charge is 0.270 e. The molecule has 2 rings (SSSR count). The maximum atomic E-state index is 4.51. The monoisotopic (exact) mass is 388 g/mol. The summed E-state index contributed by atoms with van der Waals surface area (Å²) >= 11 is 9.03. The lowest BCUT2D eigenvalue weighted by molar-refractivity contribution is 0.719. The average molecular weight is 390 g/mol. The Morgan fingerprint density at radius 2 is 2.00 bits per heavy atom. The van der Waals surface area contributed by atoms with Gasteiger partial charge in [0.25, 0.3) is 0 Å². The fraction of sp³-hybridized carbons (Fsp3) is 0.308. The topological polar surface area (TPSA) is 17.8 Å². The number of hydrogen-bond acceptors (Lipinski definition) is 2. The van der Waals surface area contributed by atoms with Crippen LogP contribution in [-0.2, 0) is 19.2 Å². The molecular formula is C13H14Br2N2S. The normalized spacial score (nSPS) is 10.9. The van der Waals surface area contributed by atoms with Gasteiger partial charge in [0.05, 0.1) is 15.9 Å². The molecule has 0 fully saturated rings. The highest BCUT2D eigenvalue weighted by molar-refractivity contribution is 9.10. The molecule has 18 heavy (non-hydrogen) atoms. The summed E-state index contributed by atoms with van der Waals surface area (Å²) < 4.78 is 4.25. The zero-order valence-corrected chi connectivity index (χ0v) is 14.3. The van der Waals surface area contributed by atoms with Gasteiger partial charge in [0, 0.05) is 22.2 Å². The average Bonchev–Trinajstić information content (AvgIpc) is 2.64. The first-order valence-electron chi connectivity index (χ1n) is 5.71. The van der Waals surface area contributed by atoms with Crippen LogP contribution in [0.4, 0.5) is 0 Å². The van der Waals surface area contributed by atoms with Crippen LogP contribution in [0.5, 0.6) is 0 Å². The summed E-state index contributed by atoms with van der Waals surface area (Å²) in [6.07, 6.45) is 0.953. The van der Waals surface area contributed by atoms with Crippen molar-refractivity contribution in [2.75, 3.05) is 0 Å². The van der Waals surface area contributed by atoms with E-state index in [-0.39, 0.29) is 0 Å². The molecule has 5 heteroatoms. The third-order valence-electron chi connectivity index (χ3n) is 2.70. The zero-order valence-electron chi connectivity index (χ0n) is 10.3. The van der Waals surface area contributed by atoms with Crippen LogP contribution in [0.2, 0.25) is 0 Å². The van der Waals surface area contributed by atoms with E-state index in [0.717, 1.165) is 26.8 Å². The van der Waals surface area contributed by atoms with Crippen molar-refractivity contribution >= 4 is 43.6 Å². The van der Waals surface area contributed by atoms with Crippen molar-refractivity contribution in [1.82, 2.24) is 9.78 Å². The second-order valence-electron chi connectivity index (χ2n) is 3.90. The first-order valence-corrected chi connectivity index (χ1v) is 8.28. The maximum absolute atomic E-state index is 4.51. The van der Waals surface area contributed by atoms with Gasteiger partial charge in [-0.25, -0.2) is 0 Å². The Labute approximate surface area is 128 Å². The maximum Gasteiger partial charge on any atom is 0.0767 e. The number of rotatable bonds is 4. The second kappa shape index (κ2) is 6.26. The number of halogens is 2. The van der Waals surface area contributed by atoms with E-state index in [1.807, 2.05) is 29.6 Å². The molecule has 0 aliphatic rings. The summed E-state index contributed by atoms with van der Waals surface area (Å²) in [5.41, 5.74) is 2.35. The number of aryl methyl sites for hydroxylation is 2. The lowest BCUT2D eigenvalue weighted by atomic mass is 10.3. The van der Waals surface area contributed by atoms with Gasteiger partial charge < -0.3 is 0 Å². The SMILES string of the molecule is CCc1nn(C)c(CSc2ccccc2Br)c1Br. The predicted molar refractivity (Wildman–Crippen MR) is 84.0 cm³/mol. The van der Waals surface area contributed by atoms with Crippen molar-refractivity contribution in [1.29, 1.82) is 0 Å². The minimum absolute atomic E-state index is 0.909. The molecule has 0 aliphatic heterocycles. The molecule has 1 aromatic carbocycles. The molecule has 0 atom stereocenters. The molecule has 0 aliphatic carbocycles. The third-order valence-corrected chi connectivity index (χ3v) is 5.66. The van der Waals surface area contributed by atoms with Crippen LogP contribution in [0.1, 0.15) is 18.3 Å². The van der Waals surface area contributed by atoms with E-state index < -0.39 is 0 Å². The molecule has 0 amide bonds. The molecule has 0 radical (unpaired) electrons. The summed E-state index contributed by atoms with van der Waals surface area (Å²) in [6.45, 7) is 2.12. The first kappa shape index (κ1) is 14.2. The summed E-state index contributed by atoms with van der Waals surface area (Å²) in [4.78, 5) is 1.25. The van der Waals surface area contributed by atoms with Crippen molar-refractivity contribution < 1.29 is 0 Å². The molecule has 2 aromatic rings. The van der Waals surface area contributed by atoms with Crippen molar-refractivity contribution in [3.8, 4) is 0 Å². The van der Waals surface area contributed by atoms with Gasteiger partial charge in [-0.1, -0.05) is 19.1 Å². The highest BCUT2D eigenvalue weighted by Gasteiger charge is 2.13. The summed E-state index contributed by atoms with van der Waals surface area (Å²) in [5, 5.41) is 4.51. The van der Waals surface area contributed by atoms with Crippen molar-refractivity contribution in [3.05, 3.63) is 44.6 Å². The highest BCUT2D eigenvalue weighted by Crippen LogP contribution is 2.32. The van der Waals surface area contributed by atoms with Gasteiger partial charge in [0.1, 0.15) is 0 Å². The number of benzene rings is 1.